The Bertz CT molecular complexity index is 375. The van der Waals surface area contributed by atoms with Gasteiger partial charge in [0.25, 0.3) is 0 Å². The van der Waals surface area contributed by atoms with Gasteiger partial charge in [0.05, 0.1) is 7.11 Å². The SMILES string of the molecule is CCCN(Cc1cccc(OC)c1)CC1CCCN1. The fraction of sp³-hybridized carbons (Fsp3) is 0.625. The summed E-state index contributed by atoms with van der Waals surface area (Å²) < 4.78 is 5.30. The Morgan fingerprint density at radius 1 is 1.42 bits per heavy atom. The van der Waals surface area contributed by atoms with E-state index < -0.39 is 0 Å². The van der Waals surface area contributed by atoms with Crippen molar-refractivity contribution in [2.45, 2.75) is 38.8 Å². The first-order chi connectivity index (χ1) is 9.31. The summed E-state index contributed by atoms with van der Waals surface area (Å²) in [7, 11) is 1.73. The number of hydrogen-bond donors (Lipinski definition) is 1. The fourth-order valence-corrected chi connectivity index (χ4v) is 2.80. The van der Waals surface area contributed by atoms with Crippen LogP contribution >= 0.6 is 0 Å². The normalized spacial score (nSPS) is 19.0. The zero-order valence-electron chi connectivity index (χ0n) is 12.2. The van der Waals surface area contributed by atoms with Gasteiger partial charge in [-0.05, 0) is 50.0 Å². The fourth-order valence-electron chi connectivity index (χ4n) is 2.80. The summed E-state index contributed by atoms with van der Waals surface area (Å²) in [4.78, 5) is 2.55. The van der Waals surface area contributed by atoms with Gasteiger partial charge in [0.15, 0.2) is 0 Å². The van der Waals surface area contributed by atoms with Crippen LogP contribution in [0.15, 0.2) is 24.3 Å². The minimum Gasteiger partial charge on any atom is -0.497 e. The van der Waals surface area contributed by atoms with E-state index in [9.17, 15) is 0 Å². The summed E-state index contributed by atoms with van der Waals surface area (Å²) in [6.45, 7) is 6.77. The van der Waals surface area contributed by atoms with Gasteiger partial charge in [-0.3, -0.25) is 4.90 Å². The van der Waals surface area contributed by atoms with Crippen molar-refractivity contribution in [2.24, 2.45) is 0 Å². The summed E-state index contributed by atoms with van der Waals surface area (Å²) >= 11 is 0. The Balaban J connectivity index is 1.94. The number of nitrogens with one attached hydrogen (secondary N) is 1. The van der Waals surface area contributed by atoms with Crippen LogP contribution in [0.25, 0.3) is 0 Å². The predicted molar refractivity (Wildman–Crippen MR) is 79.6 cm³/mol. The van der Waals surface area contributed by atoms with Gasteiger partial charge < -0.3 is 10.1 Å². The quantitative estimate of drug-likeness (QED) is 0.817. The van der Waals surface area contributed by atoms with Crippen LogP contribution < -0.4 is 10.1 Å². The van der Waals surface area contributed by atoms with Crippen LogP contribution in [-0.2, 0) is 6.54 Å². The van der Waals surface area contributed by atoms with Gasteiger partial charge in [0.1, 0.15) is 5.75 Å². The zero-order valence-corrected chi connectivity index (χ0v) is 12.2. The molecule has 19 heavy (non-hydrogen) atoms. The van der Waals surface area contributed by atoms with E-state index in [1.54, 1.807) is 7.11 Å². The van der Waals surface area contributed by atoms with Crippen LogP contribution in [0.4, 0.5) is 0 Å². The van der Waals surface area contributed by atoms with Crippen molar-refractivity contribution in [3.8, 4) is 5.75 Å². The molecular formula is C16H26N2O. The Labute approximate surface area is 116 Å². The first kappa shape index (κ1) is 14.4. The molecule has 106 valence electrons. The second-order valence-corrected chi connectivity index (χ2v) is 5.38. The van der Waals surface area contributed by atoms with Crippen LogP contribution in [0, 0.1) is 0 Å². The first-order valence-electron chi connectivity index (χ1n) is 7.40. The summed E-state index contributed by atoms with van der Waals surface area (Å²) in [5.74, 6) is 0.952. The monoisotopic (exact) mass is 262 g/mol. The Morgan fingerprint density at radius 3 is 3.00 bits per heavy atom. The molecule has 0 spiro atoms. The van der Waals surface area contributed by atoms with Crippen molar-refractivity contribution in [2.75, 3.05) is 26.7 Å². The van der Waals surface area contributed by atoms with Crippen molar-refractivity contribution in [3.63, 3.8) is 0 Å². The minimum absolute atomic E-state index is 0.678. The maximum atomic E-state index is 5.30. The molecule has 0 bridgehead atoms. The molecule has 1 aliphatic heterocycles. The number of benzene rings is 1. The number of rotatable bonds is 7. The maximum absolute atomic E-state index is 5.30. The highest BCUT2D eigenvalue weighted by atomic mass is 16.5. The summed E-state index contributed by atoms with van der Waals surface area (Å²) in [6, 6.07) is 9.09. The molecule has 1 saturated heterocycles. The van der Waals surface area contributed by atoms with Crippen LogP contribution in [0.2, 0.25) is 0 Å². The van der Waals surface area contributed by atoms with E-state index in [0.717, 1.165) is 25.4 Å². The van der Waals surface area contributed by atoms with Gasteiger partial charge in [-0.2, -0.15) is 0 Å². The van der Waals surface area contributed by atoms with E-state index in [4.69, 9.17) is 4.74 Å². The Hall–Kier alpha value is -1.06. The minimum atomic E-state index is 0.678. The van der Waals surface area contributed by atoms with E-state index in [1.807, 2.05) is 6.07 Å². The molecule has 1 heterocycles. The number of methoxy groups -OCH3 is 1. The molecule has 1 N–H and O–H groups in total. The highest BCUT2D eigenvalue weighted by Crippen LogP contribution is 2.16. The molecule has 1 fully saturated rings. The summed E-state index contributed by atoms with van der Waals surface area (Å²) in [6.07, 6.45) is 3.85. The lowest BCUT2D eigenvalue weighted by Gasteiger charge is -2.25. The summed E-state index contributed by atoms with van der Waals surface area (Å²) in [5, 5.41) is 3.59. The lowest BCUT2D eigenvalue weighted by Crippen LogP contribution is -2.37. The molecule has 3 heteroatoms. The van der Waals surface area contributed by atoms with Crippen LogP contribution in [-0.4, -0.2) is 37.7 Å². The molecule has 2 rings (SSSR count). The molecule has 0 saturated carbocycles. The van der Waals surface area contributed by atoms with E-state index in [2.05, 4.69) is 35.3 Å². The van der Waals surface area contributed by atoms with Gasteiger partial charge in [-0.1, -0.05) is 19.1 Å². The standard InChI is InChI=1S/C16H26N2O/c1-3-10-18(13-15-7-5-9-17-15)12-14-6-4-8-16(11-14)19-2/h4,6,8,11,15,17H,3,5,7,9-10,12-13H2,1-2H3. The van der Waals surface area contributed by atoms with E-state index in [1.165, 1.54) is 31.4 Å². The van der Waals surface area contributed by atoms with Crippen molar-refractivity contribution >= 4 is 0 Å². The average molecular weight is 262 g/mol. The Kier molecular flexibility index (Phi) is 5.67. The molecule has 1 aliphatic rings. The summed E-state index contributed by atoms with van der Waals surface area (Å²) in [5.41, 5.74) is 1.34. The van der Waals surface area contributed by atoms with Gasteiger partial charge in [0, 0.05) is 19.1 Å². The number of nitrogens with zero attached hydrogens (tertiary/aromatic N) is 1. The van der Waals surface area contributed by atoms with E-state index in [0.29, 0.717) is 6.04 Å². The molecule has 1 atom stereocenters. The van der Waals surface area contributed by atoms with Gasteiger partial charge >= 0.3 is 0 Å². The lowest BCUT2D eigenvalue weighted by molar-refractivity contribution is 0.241. The first-order valence-corrected chi connectivity index (χ1v) is 7.40. The zero-order chi connectivity index (χ0) is 13.5. The van der Waals surface area contributed by atoms with Gasteiger partial charge in [-0.15, -0.1) is 0 Å². The van der Waals surface area contributed by atoms with Crippen LogP contribution in [0.1, 0.15) is 31.7 Å². The third-order valence-corrected chi connectivity index (χ3v) is 3.72. The predicted octanol–water partition coefficient (Wildman–Crippen LogP) is 2.66. The van der Waals surface area contributed by atoms with Crippen LogP contribution in [0.3, 0.4) is 0 Å². The molecule has 0 radical (unpaired) electrons. The largest absolute Gasteiger partial charge is 0.497 e. The highest BCUT2D eigenvalue weighted by Gasteiger charge is 2.17. The molecular weight excluding hydrogens is 236 g/mol. The van der Waals surface area contributed by atoms with E-state index >= 15 is 0 Å². The van der Waals surface area contributed by atoms with Gasteiger partial charge in [-0.25, -0.2) is 0 Å². The van der Waals surface area contributed by atoms with Crippen molar-refractivity contribution in [1.82, 2.24) is 10.2 Å². The molecule has 0 amide bonds. The maximum Gasteiger partial charge on any atom is 0.119 e. The van der Waals surface area contributed by atoms with Crippen LogP contribution in [0.5, 0.6) is 5.75 Å². The molecule has 0 aromatic heterocycles. The molecule has 3 nitrogen and oxygen atoms in total. The Morgan fingerprint density at radius 2 is 2.32 bits per heavy atom. The topological polar surface area (TPSA) is 24.5 Å². The third kappa shape index (κ3) is 4.51. The van der Waals surface area contributed by atoms with Crippen molar-refractivity contribution in [1.29, 1.82) is 0 Å². The average Bonchev–Trinajstić information content (AvgIpc) is 2.92. The number of hydrogen-bond acceptors (Lipinski definition) is 3. The lowest BCUT2D eigenvalue weighted by atomic mass is 10.1. The molecule has 1 aromatic rings. The molecule has 0 aliphatic carbocycles. The highest BCUT2D eigenvalue weighted by molar-refractivity contribution is 5.28. The van der Waals surface area contributed by atoms with Crippen molar-refractivity contribution < 1.29 is 4.74 Å². The van der Waals surface area contributed by atoms with Gasteiger partial charge in [0.2, 0.25) is 0 Å². The second kappa shape index (κ2) is 7.51. The third-order valence-electron chi connectivity index (χ3n) is 3.72. The number of ether oxygens (including phenoxy) is 1. The van der Waals surface area contributed by atoms with Crippen molar-refractivity contribution in [3.05, 3.63) is 29.8 Å². The smallest absolute Gasteiger partial charge is 0.119 e. The second-order valence-electron chi connectivity index (χ2n) is 5.38. The van der Waals surface area contributed by atoms with E-state index in [-0.39, 0.29) is 0 Å². The molecule has 1 unspecified atom stereocenters. The molecule has 1 aromatic carbocycles.